The topological polar surface area (TPSA) is 64.6 Å². The Morgan fingerprint density at radius 1 is 1.14 bits per heavy atom. The van der Waals surface area contributed by atoms with E-state index in [4.69, 9.17) is 21.1 Å². The average Bonchev–Trinajstić information content (AvgIpc) is 2.79. The molecule has 35 heavy (non-hydrogen) atoms. The first-order valence-corrected chi connectivity index (χ1v) is 12.2. The predicted molar refractivity (Wildman–Crippen MR) is 133 cm³/mol. The van der Waals surface area contributed by atoms with Crippen LogP contribution in [0.2, 0.25) is 5.02 Å². The van der Waals surface area contributed by atoms with Gasteiger partial charge >= 0.3 is 5.97 Å². The number of aryl methyl sites for hydroxylation is 2. The lowest BCUT2D eigenvalue weighted by atomic mass is 9.73. The van der Waals surface area contributed by atoms with Gasteiger partial charge in [-0.15, -0.1) is 0 Å². The fourth-order valence-electron chi connectivity index (χ4n) is 4.90. The Bertz CT molecular complexity index is 1260. The van der Waals surface area contributed by atoms with Crippen molar-refractivity contribution in [1.29, 1.82) is 0 Å². The van der Waals surface area contributed by atoms with E-state index in [9.17, 15) is 14.0 Å². The standard InChI is InChI=1S/C28H29ClFNO4/c1-5-34-28(33)25-17(4)31-22-7-6-8-23(32)27(22)26(25)20-12-18(15(2)11-16(20)3)14-35-24-10-9-19(30)13-21(24)29/h9-13,26,31H,5-8,14H2,1-4H3. The van der Waals surface area contributed by atoms with Crippen molar-refractivity contribution in [3.63, 3.8) is 0 Å². The molecule has 1 heterocycles. The minimum atomic E-state index is -0.521. The monoisotopic (exact) mass is 497 g/mol. The maximum atomic E-state index is 13.4. The molecule has 1 aliphatic carbocycles. The van der Waals surface area contributed by atoms with E-state index in [0.29, 0.717) is 29.0 Å². The van der Waals surface area contributed by atoms with Crippen LogP contribution in [0, 0.1) is 19.7 Å². The summed E-state index contributed by atoms with van der Waals surface area (Å²) in [5.74, 6) is -0.951. The van der Waals surface area contributed by atoms with Gasteiger partial charge in [-0.1, -0.05) is 23.7 Å². The highest BCUT2D eigenvalue weighted by Crippen LogP contribution is 2.44. The summed E-state index contributed by atoms with van der Waals surface area (Å²) in [5, 5.41) is 3.50. The molecule has 4 rings (SSSR count). The molecule has 1 N–H and O–H groups in total. The van der Waals surface area contributed by atoms with E-state index in [0.717, 1.165) is 40.8 Å². The zero-order chi connectivity index (χ0) is 25.3. The highest BCUT2D eigenvalue weighted by atomic mass is 35.5. The Hall–Kier alpha value is -3.12. The van der Waals surface area contributed by atoms with Gasteiger partial charge in [-0.05, 0) is 81.0 Å². The number of allylic oxidation sites excluding steroid dienone is 3. The van der Waals surface area contributed by atoms with Crippen LogP contribution in [0.25, 0.3) is 0 Å². The molecule has 184 valence electrons. The van der Waals surface area contributed by atoms with Gasteiger partial charge in [0, 0.05) is 29.3 Å². The number of dihydropyridines is 1. The summed E-state index contributed by atoms with van der Waals surface area (Å²) in [7, 11) is 0. The molecule has 0 spiro atoms. The van der Waals surface area contributed by atoms with Gasteiger partial charge in [-0.2, -0.15) is 0 Å². The highest BCUT2D eigenvalue weighted by Gasteiger charge is 2.39. The van der Waals surface area contributed by atoms with Crippen LogP contribution in [-0.2, 0) is 20.9 Å². The van der Waals surface area contributed by atoms with Crippen molar-refractivity contribution >= 4 is 23.4 Å². The van der Waals surface area contributed by atoms with E-state index in [2.05, 4.69) is 5.32 Å². The van der Waals surface area contributed by atoms with E-state index in [1.54, 1.807) is 6.92 Å². The van der Waals surface area contributed by atoms with Gasteiger partial charge in [0.15, 0.2) is 5.78 Å². The molecule has 5 nitrogen and oxygen atoms in total. The fourth-order valence-corrected chi connectivity index (χ4v) is 5.13. The Labute approximate surface area is 210 Å². The number of rotatable bonds is 6. The summed E-state index contributed by atoms with van der Waals surface area (Å²) < 4.78 is 24.7. The smallest absolute Gasteiger partial charge is 0.336 e. The van der Waals surface area contributed by atoms with Crippen LogP contribution in [-0.4, -0.2) is 18.4 Å². The SMILES string of the molecule is CCOC(=O)C1=C(C)NC2=C(C(=O)CCC2)C1c1cc(COc2ccc(F)cc2Cl)c(C)cc1C. The quantitative estimate of drug-likeness (QED) is 0.481. The van der Waals surface area contributed by atoms with Gasteiger partial charge in [0.05, 0.1) is 17.2 Å². The summed E-state index contributed by atoms with van der Waals surface area (Å²) in [5.41, 5.74) is 6.41. The Morgan fingerprint density at radius 2 is 1.91 bits per heavy atom. The second-order valence-electron chi connectivity index (χ2n) is 8.98. The molecule has 2 aromatic rings. The van der Waals surface area contributed by atoms with E-state index in [-0.39, 0.29) is 24.0 Å². The van der Waals surface area contributed by atoms with E-state index in [1.165, 1.54) is 18.2 Å². The van der Waals surface area contributed by atoms with Crippen molar-refractivity contribution in [3.8, 4) is 5.75 Å². The third kappa shape index (κ3) is 4.98. The van der Waals surface area contributed by atoms with Crippen LogP contribution in [0.1, 0.15) is 61.3 Å². The van der Waals surface area contributed by atoms with E-state index in [1.807, 2.05) is 32.9 Å². The minimum absolute atomic E-state index is 0.0499. The van der Waals surface area contributed by atoms with Gasteiger partial charge in [0.1, 0.15) is 18.2 Å². The van der Waals surface area contributed by atoms with Gasteiger partial charge in [0.2, 0.25) is 0 Å². The van der Waals surface area contributed by atoms with E-state index < -0.39 is 17.7 Å². The summed E-state index contributed by atoms with van der Waals surface area (Å²) in [6.07, 6.45) is 1.99. The number of Topliss-reactive ketones (excluding diaryl/α,β-unsaturated/α-hetero) is 1. The second-order valence-corrected chi connectivity index (χ2v) is 9.39. The lowest BCUT2D eigenvalue weighted by Crippen LogP contribution is -2.34. The van der Waals surface area contributed by atoms with Gasteiger partial charge in [-0.3, -0.25) is 4.79 Å². The third-order valence-electron chi connectivity index (χ3n) is 6.58. The number of hydrogen-bond donors (Lipinski definition) is 1. The van der Waals surface area contributed by atoms with Crippen LogP contribution >= 0.6 is 11.6 Å². The van der Waals surface area contributed by atoms with Crippen molar-refractivity contribution in [2.45, 2.75) is 59.5 Å². The first-order valence-electron chi connectivity index (χ1n) is 11.8. The number of hydrogen-bond acceptors (Lipinski definition) is 5. The minimum Gasteiger partial charge on any atom is -0.487 e. The number of benzene rings is 2. The highest BCUT2D eigenvalue weighted by molar-refractivity contribution is 6.32. The van der Waals surface area contributed by atoms with Crippen molar-refractivity contribution in [3.05, 3.63) is 86.0 Å². The van der Waals surface area contributed by atoms with Crippen molar-refractivity contribution < 1.29 is 23.5 Å². The van der Waals surface area contributed by atoms with Gasteiger partial charge in [-0.25, -0.2) is 9.18 Å². The largest absolute Gasteiger partial charge is 0.487 e. The van der Waals surface area contributed by atoms with Gasteiger partial charge < -0.3 is 14.8 Å². The zero-order valence-corrected chi connectivity index (χ0v) is 21.1. The molecular weight excluding hydrogens is 469 g/mol. The fraction of sp³-hybridized carbons (Fsp3) is 0.357. The van der Waals surface area contributed by atoms with Gasteiger partial charge in [0.25, 0.3) is 0 Å². The Balaban J connectivity index is 1.79. The van der Waals surface area contributed by atoms with Crippen LogP contribution in [0.4, 0.5) is 4.39 Å². The van der Waals surface area contributed by atoms with Crippen molar-refractivity contribution in [2.24, 2.45) is 0 Å². The van der Waals surface area contributed by atoms with Crippen LogP contribution in [0.15, 0.2) is 52.9 Å². The molecule has 1 unspecified atom stereocenters. The number of halogens is 2. The van der Waals surface area contributed by atoms with Crippen molar-refractivity contribution in [2.75, 3.05) is 6.61 Å². The summed E-state index contributed by atoms with van der Waals surface area (Å²) in [6, 6.07) is 8.04. The molecule has 0 bridgehead atoms. The molecule has 0 saturated carbocycles. The lowest BCUT2D eigenvalue weighted by Gasteiger charge is -2.35. The van der Waals surface area contributed by atoms with Crippen molar-refractivity contribution in [1.82, 2.24) is 5.32 Å². The molecule has 2 aliphatic rings. The zero-order valence-electron chi connectivity index (χ0n) is 20.4. The molecule has 0 amide bonds. The molecule has 0 saturated heterocycles. The summed E-state index contributed by atoms with van der Waals surface area (Å²) in [6.45, 7) is 8.03. The first kappa shape index (κ1) is 25.0. The Kier molecular flexibility index (Phi) is 7.31. The molecule has 1 atom stereocenters. The molecule has 0 radical (unpaired) electrons. The number of esters is 1. The molecule has 0 aromatic heterocycles. The number of ketones is 1. The Morgan fingerprint density at radius 3 is 2.63 bits per heavy atom. The summed E-state index contributed by atoms with van der Waals surface area (Å²) in [4.78, 5) is 26.2. The van der Waals surface area contributed by atoms with Crippen LogP contribution in [0.5, 0.6) is 5.75 Å². The lowest BCUT2D eigenvalue weighted by molar-refractivity contribution is -0.138. The van der Waals surface area contributed by atoms with E-state index >= 15 is 0 Å². The first-order chi connectivity index (χ1) is 16.7. The molecule has 2 aromatic carbocycles. The maximum Gasteiger partial charge on any atom is 0.336 e. The molecule has 0 fully saturated rings. The average molecular weight is 498 g/mol. The summed E-state index contributed by atoms with van der Waals surface area (Å²) >= 11 is 6.13. The molecule has 7 heteroatoms. The molecular formula is C28H29ClFNO4. The number of carbonyl (C=O) groups excluding carboxylic acids is 2. The number of carbonyl (C=O) groups is 2. The second kappa shape index (κ2) is 10.2. The third-order valence-corrected chi connectivity index (χ3v) is 6.88. The number of ether oxygens (including phenoxy) is 2. The number of nitrogens with one attached hydrogen (secondary N) is 1. The maximum absolute atomic E-state index is 13.4. The van der Waals surface area contributed by atoms with Crippen LogP contribution in [0.3, 0.4) is 0 Å². The molecule has 1 aliphatic heterocycles. The van der Waals surface area contributed by atoms with Crippen LogP contribution < -0.4 is 10.1 Å². The normalized spacial score (nSPS) is 17.8. The predicted octanol–water partition coefficient (Wildman–Crippen LogP) is 6.21.